The van der Waals surface area contributed by atoms with E-state index in [-0.39, 0.29) is 12.7 Å². The number of rotatable bonds is 7. The topological polar surface area (TPSA) is 59.0 Å². The number of nitrogens with zero attached hydrogens (tertiary/aromatic N) is 1. The van der Waals surface area contributed by atoms with Crippen LogP contribution in [0.2, 0.25) is 0 Å². The maximum Gasteiger partial charge on any atom is 0.329 e. The number of hydrogen-bond acceptors (Lipinski definition) is 4. The van der Waals surface area contributed by atoms with Crippen LogP contribution in [0.3, 0.4) is 0 Å². The summed E-state index contributed by atoms with van der Waals surface area (Å²) >= 11 is 0. The molecular formula is C12H23NO4. The Hall–Kier alpha value is -0.650. The molecule has 0 aromatic heterocycles. The average Bonchev–Trinajstić information content (AvgIpc) is 2.28. The van der Waals surface area contributed by atoms with E-state index in [4.69, 9.17) is 14.6 Å². The molecule has 0 aromatic rings. The van der Waals surface area contributed by atoms with Crippen LogP contribution in [0.15, 0.2) is 0 Å². The second-order valence-corrected chi connectivity index (χ2v) is 4.77. The minimum absolute atomic E-state index is 0.111. The van der Waals surface area contributed by atoms with Gasteiger partial charge in [0.25, 0.3) is 0 Å². The number of methoxy groups -OCH3 is 1. The Morgan fingerprint density at radius 1 is 1.47 bits per heavy atom. The molecule has 0 spiro atoms. The first-order valence-electron chi connectivity index (χ1n) is 6.16. The SMILES string of the molecule is COCC(C)CN1CCC(OCC(=O)O)CC1. The Bertz CT molecular complexity index is 227. The lowest BCUT2D eigenvalue weighted by atomic mass is 10.1. The number of carbonyl (C=O) groups is 1. The summed E-state index contributed by atoms with van der Waals surface area (Å²) in [4.78, 5) is 12.8. The van der Waals surface area contributed by atoms with Crippen LogP contribution < -0.4 is 0 Å². The molecule has 1 rings (SSSR count). The minimum Gasteiger partial charge on any atom is -0.480 e. The zero-order valence-corrected chi connectivity index (χ0v) is 10.7. The molecule has 0 radical (unpaired) electrons. The van der Waals surface area contributed by atoms with E-state index in [1.54, 1.807) is 7.11 Å². The summed E-state index contributed by atoms with van der Waals surface area (Å²) in [5, 5.41) is 8.52. The molecular weight excluding hydrogens is 222 g/mol. The van der Waals surface area contributed by atoms with Crippen LogP contribution in [0.1, 0.15) is 19.8 Å². The van der Waals surface area contributed by atoms with Crippen LogP contribution >= 0.6 is 0 Å². The van der Waals surface area contributed by atoms with Crippen molar-refractivity contribution in [2.24, 2.45) is 5.92 Å². The van der Waals surface area contributed by atoms with Crippen LogP contribution in [0.5, 0.6) is 0 Å². The summed E-state index contributed by atoms with van der Waals surface area (Å²) in [5.74, 6) is -0.349. The molecule has 1 saturated heterocycles. The third kappa shape index (κ3) is 6.00. The minimum atomic E-state index is -0.888. The van der Waals surface area contributed by atoms with Crippen molar-refractivity contribution in [3.63, 3.8) is 0 Å². The Kier molecular flexibility index (Phi) is 6.47. The summed E-state index contributed by atoms with van der Waals surface area (Å²) in [6, 6.07) is 0. The van der Waals surface area contributed by atoms with E-state index in [0.717, 1.165) is 39.1 Å². The maximum atomic E-state index is 10.4. The Morgan fingerprint density at radius 3 is 2.65 bits per heavy atom. The zero-order chi connectivity index (χ0) is 12.7. The van der Waals surface area contributed by atoms with Crippen molar-refractivity contribution < 1.29 is 19.4 Å². The maximum absolute atomic E-state index is 10.4. The van der Waals surface area contributed by atoms with Gasteiger partial charge in [-0.05, 0) is 18.8 Å². The van der Waals surface area contributed by atoms with Crippen LogP contribution in [-0.4, -0.2) is 62.0 Å². The quantitative estimate of drug-likeness (QED) is 0.720. The molecule has 5 nitrogen and oxygen atoms in total. The summed E-state index contributed by atoms with van der Waals surface area (Å²) < 4.78 is 10.4. The molecule has 0 aromatic carbocycles. The van der Waals surface area contributed by atoms with E-state index in [2.05, 4.69) is 11.8 Å². The average molecular weight is 245 g/mol. The van der Waals surface area contributed by atoms with Crippen LogP contribution in [0.25, 0.3) is 0 Å². The number of ether oxygens (including phenoxy) is 2. The molecule has 0 saturated carbocycles. The highest BCUT2D eigenvalue weighted by atomic mass is 16.5. The number of carboxylic acid groups (broad SMARTS) is 1. The highest BCUT2D eigenvalue weighted by Gasteiger charge is 2.21. The van der Waals surface area contributed by atoms with Gasteiger partial charge < -0.3 is 19.5 Å². The third-order valence-electron chi connectivity index (χ3n) is 3.00. The molecule has 1 atom stereocenters. The molecule has 1 aliphatic heterocycles. The second-order valence-electron chi connectivity index (χ2n) is 4.77. The molecule has 17 heavy (non-hydrogen) atoms. The predicted octanol–water partition coefficient (Wildman–Crippen LogP) is 0.835. The molecule has 1 N–H and O–H groups in total. The fourth-order valence-corrected chi connectivity index (χ4v) is 2.23. The van der Waals surface area contributed by atoms with E-state index < -0.39 is 5.97 Å². The van der Waals surface area contributed by atoms with Gasteiger partial charge in [0.15, 0.2) is 0 Å². The summed E-state index contributed by atoms with van der Waals surface area (Å²) in [6.07, 6.45) is 1.96. The van der Waals surface area contributed by atoms with Crippen LogP contribution in [0.4, 0.5) is 0 Å². The van der Waals surface area contributed by atoms with E-state index in [9.17, 15) is 4.79 Å². The molecule has 5 heteroatoms. The highest BCUT2D eigenvalue weighted by Crippen LogP contribution is 2.15. The molecule has 1 aliphatic rings. The fraction of sp³-hybridized carbons (Fsp3) is 0.917. The van der Waals surface area contributed by atoms with Crippen molar-refractivity contribution in [2.45, 2.75) is 25.9 Å². The Balaban J connectivity index is 2.14. The summed E-state index contributed by atoms with van der Waals surface area (Å²) in [6.45, 7) is 5.80. The normalized spacial score (nSPS) is 20.4. The largest absolute Gasteiger partial charge is 0.480 e. The molecule has 0 bridgehead atoms. The van der Waals surface area contributed by atoms with Gasteiger partial charge in [0.05, 0.1) is 6.10 Å². The van der Waals surface area contributed by atoms with Crippen molar-refractivity contribution in [3.05, 3.63) is 0 Å². The molecule has 1 heterocycles. The third-order valence-corrected chi connectivity index (χ3v) is 3.00. The lowest BCUT2D eigenvalue weighted by Crippen LogP contribution is -2.40. The number of piperidine rings is 1. The summed E-state index contributed by atoms with van der Waals surface area (Å²) in [7, 11) is 1.72. The van der Waals surface area contributed by atoms with E-state index >= 15 is 0 Å². The van der Waals surface area contributed by atoms with Gasteiger partial charge in [0.1, 0.15) is 6.61 Å². The van der Waals surface area contributed by atoms with E-state index in [1.807, 2.05) is 0 Å². The van der Waals surface area contributed by atoms with Crippen LogP contribution in [0, 0.1) is 5.92 Å². The van der Waals surface area contributed by atoms with Crippen LogP contribution in [-0.2, 0) is 14.3 Å². The lowest BCUT2D eigenvalue weighted by Gasteiger charge is -2.33. The number of likely N-dealkylation sites (tertiary alicyclic amines) is 1. The van der Waals surface area contributed by atoms with Crippen molar-refractivity contribution >= 4 is 5.97 Å². The van der Waals surface area contributed by atoms with Gasteiger partial charge in [-0.15, -0.1) is 0 Å². The number of aliphatic carboxylic acids is 1. The second kappa shape index (κ2) is 7.63. The summed E-state index contributed by atoms with van der Waals surface area (Å²) in [5.41, 5.74) is 0. The van der Waals surface area contributed by atoms with Gasteiger partial charge >= 0.3 is 5.97 Å². The standard InChI is InChI=1S/C12H23NO4/c1-10(8-16-2)7-13-5-3-11(4-6-13)17-9-12(14)15/h10-11H,3-9H2,1-2H3,(H,14,15). The monoisotopic (exact) mass is 245 g/mol. The number of carboxylic acids is 1. The number of hydrogen-bond donors (Lipinski definition) is 1. The molecule has 1 unspecified atom stereocenters. The molecule has 0 aliphatic carbocycles. The zero-order valence-electron chi connectivity index (χ0n) is 10.7. The van der Waals surface area contributed by atoms with Gasteiger partial charge in [0, 0.05) is 33.4 Å². The van der Waals surface area contributed by atoms with Gasteiger partial charge in [0.2, 0.25) is 0 Å². The molecule has 0 amide bonds. The van der Waals surface area contributed by atoms with Crippen molar-refractivity contribution in [1.82, 2.24) is 4.90 Å². The fourth-order valence-electron chi connectivity index (χ4n) is 2.23. The molecule has 1 fully saturated rings. The van der Waals surface area contributed by atoms with Crippen molar-refractivity contribution in [3.8, 4) is 0 Å². The first-order valence-corrected chi connectivity index (χ1v) is 6.16. The first kappa shape index (κ1) is 14.4. The lowest BCUT2D eigenvalue weighted by molar-refractivity contribution is -0.145. The van der Waals surface area contributed by atoms with Gasteiger partial charge in [-0.3, -0.25) is 0 Å². The van der Waals surface area contributed by atoms with E-state index in [0.29, 0.717) is 5.92 Å². The van der Waals surface area contributed by atoms with Crippen molar-refractivity contribution in [1.29, 1.82) is 0 Å². The predicted molar refractivity (Wildman–Crippen MR) is 64.1 cm³/mol. The van der Waals surface area contributed by atoms with Gasteiger partial charge in [-0.25, -0.2) is 4.79 Å². The van der Waals surface area contributed by atoms with Gasteiger partial charge in [-0.2, -0.15) is 0 Å². The Labute approximate surface area is 103 Å². The first-order chi connectivity index (χ1) is 8.11. The van der Waals surface area contributed by atoms with Crippen molar-refractivity contribution in [2.75, 3.05) is 40.0 Å². The smallest absolute Gasteiger partial charge is 0.329 e. The Morgan fingerprint density at radius 2 is 2.12 bits per heavy atom. The van der Waals surface area contributed by atoms with Gasteiger partial charge in [-0.1, -0.05) is 6.92 Å². The van der Waals surface area contributed by atoms with E-state index in [1.165, 1.54) is 0 Å². The highest BCUT2D eigenvalue weighted by molar-refractivity contribution is 5.68. The molecule has 100 valence electrons.